The van der Waals surface area contributed by atoms with Crippen molar-refractivity contribution in [1.29, 1.82) is 0 Å². The van der Waals surface area contributed by atoms with Gasteiger partial charge >= 0.3 is 0 Å². The number of hydrogen-bond acceptors (Lipinski definition) is 8. The minimum absolute atomic E-state index is 0.128. The number of nitrogens with one attached hydrogen (secondary N) is 2. The maximum atomic E-state index is 13.3. The van der Waals surface area contributed by atoms with Crippen LogP contribution in [0.2, 0.25) is 0 Å². The molecule has 0 aliphatic rings. The molecule has 11 nitrogen and oxygen atoms in total. The van der Waals surface area contributed by atoms with E-state index in [-0.39, 0.29) is 37.9 Å². The van der Waals surface area contributed by atoms with E-state index < -0.39 is 23.9 Å². The van der Waals surface area contributed by atoms with Crippen LogP contribution in [0.3, 0.4) is 0 Å². The number of ether oxygens (including phenoxy) is 1. The highest BCUT2D eigenvalue weighted by Crippen LogP contribution is 2.18. The fourth-order valence-corrected chi connectivity index (χ4v) is 3.96. The summed E-state index contributed by atoms with van der Waals surface area (Å²) >= 11 is 0. The van der Waals surface area contributed by atoms with Crippen LogP contribution in [0.15, 0.2) is 85.0 Å². The Morgan fingerprint density at radius 2 is 1.63 bits per heavy atom. The minimum Gasteiger partial charge on any atom is -0.439 e. The summed E-state index contributed by atoms with van der Waals surface area (Å²) < 4.78 is 5.79. The van der Waals surface area contributed by atoms with E-state index >= 15 is 0 Å². The summed E-state index contributed by atoms with van der Waals surface area (Å²) in [6.45, 7) is 8.51. The Kier molecular flexibility index (Phi) is 14.5. The summed E-state index contributed by atoms with van der Waals surface area (Å²) in [6, 6.07) is 14.7. The molecule has 0 aliphatic heterocycles. The van der Waals surface area contributed by atoms with Crippen molar-refractivity contribution in [2.45, 2.75) is 37.9 Å². The van der Waals surface area contributed by atoms with Gasteiger partial charge in [0.1, 0.15) is 11.8 Å². The molecular weight excluding hydrogens is 522 g/mol. The molecule has 8 N–H and O–H groups in total. The number of nitrogens with two attached hydrogens (primary N) is 3. The number of aliphatic imine (C=N–C) groups is 1. The number of rotatable bonds is 17. The predicted octanol–water partition coefficient (Wildman–Crippen LogP) is 0.991. The molecule has 0 heterocycles. The van der Waals surface area contributed by atoms with Gasteiger partial charge in [0.2, 0.25) is 23.6 Å². The number of para-hydroxylation sites is 1. The van der Waals surface area contributed by atoms with Crippen LogP contribution in [0.4, 0.5) is 0 Å². The van der Waals surface area contributed by atoms with Crippen molar-refractivity contribution in [1.82, 2.24) is 15.5 Å². The number of carbonyl (C=O) groups is 3. The molecular formula is C30H41N7O4. The Bertz CT molecular complexity index is 1180. The van der Waals surface area contributed by atoms with E-state index in [1.165, 1.54) is 17.2 Å². The maximum Gasteiger partial charge on any atom is 0.242 e. The fourth-order valence-electron chi connectivity index (χ4n) is 3.96. The SMILES string of the molecule is C=CN=C(C=C)Oc1ccccc1CNC(=O)C(CCc1ccccc1)NC(=O)C(N)CC(=O)N(CCN)CCN. The third kappa shape index (κ3) is 11.4. The van der Waals surface area contributed by atoms with Gasteiger partial charge in [0, 0.05) is 44.5 Å². The van der Waals surface area contributed by atoms with Crippen molar-refractivity contribution >= 4 is 23.6 Å². The lowest BCUT2D eigenvalue weighted by atomic mass is 10.0. The number of hydrogen-bond donors (Lipinski definition) is 5. The molecule has 2 rings (SSSR count). The Balaban J connectivity index is 2.13. The van der Waals surface area contributed by atoms with Crippen LogP contribution >= 0.6 is 0 Å². The monoisotopic (exact) mass is 563 g/mol. The number of aryl methyl sites for hydroxylation is 1. The zero-order chi connectivity index (χ0) is 30.0. The van der Waals surface area contributed by atoms with Crippen LogP contribution in [0.1, 0.15) is 24.0 Å². The molecule has 0 radical (unpaired) electrons. The topological polar surface area (TPSA) is 178 Å². The van der Waals surface area contributed by atoms with Gasteiger partial charge in [-0.1, -0.05) is 61.7 Å². The molecule has 0 saturated carbocycles. The van der Waals surface area contributed by atoms with E-state index in [0.717, 1.165) is 5.56 Å². The van der Waals surface area contributed by atoms with Gasteiger partial charge < -0.3 is 37.5 Å². The lowest BCUT2D eigenvalue weighted by Gasteiger charge is -2.24. The second kappa shape index (κ2) is 18.1. The van der Waals surface area contributed by atoms with Gasteiger partial charge in [-0.05, 0) is 30.5 Å². The summed E-state index contributed by atoms with van der Waals surface area (Å²) in [5.74, 6) is -0.597. The third-order valence-electron chi connectivity index (χ3n) is 6.11. The first-order chi connectivity index (χ1) is 19.8. The largest absolute Gasteiger partial charge is 0.439 e. The maximum absolute atomic E-state index is 13.3. The average molecular weight is 564 g/mol. The highest BCUT2D eigenvalue weighted by molar-refractivity contribution is 5.92. The van der Waals surface area contributed by atoms with Crippen molar-refractivity contribution < 1.29 is 19.1 Å². The van der Waals surface area contributed by atoms with Gasteiger partial charge in [-0.15, -0.1) is 0 Å². The van der Waals surface area contributed by atoms with Gasteiger partial charge in [0.05, 0.1) is 12.5 Å². The molecule has 2 aromatic rings. The molecule has 2 atom stereocenters. The normalized spacial score (nSPS) is 12.5. The van der Waals surface area contributed by atoms with Crippen LogP contribution in [0, 0.1) is 0 Å². The van der Waals surface area contributed by atoms with E-state index in [1.54, 1.807) is 18.2 Å². The van der Waals surface area contributed by atoms with E-state index in [4.69, 9.17) is 21.9 Å². The number of carbonyl (C=O) groups excluding carboxylic acids is 3. The molecule has 3 amide bonds. The number of nitrogens with zero attached hydrogens (tertiary/aromatic N) is 2. The van der Waals surface area contributed by atoms with Crippen LogP contribution in [0.25, 0.3) is 0 Å². The highest BCUT2D eigenvalue weighted by atomic mass is 16.5. The van der Waals surface area contributed by atoms with Crippen molar-refractivity contribution in [3.63, 3.8) is 0 Å². The smallest absolute Gasteiger partial charge is 0.242 e. The Morgan fingerprint density at radius 3 is 2.27 bits per heavy atom. The first-order valence-corrected chi connectivity index (χ1v) is 13.4. The second-order valence-corrected chi connectivity index (χ2v) is 9.14. The van der Waals surface area contributed by atoms with Crippen molar-refractivity contribution in [3.05, 3.63) is 91.2 Å². The number of benzene rings is 2. The molecule has 11 heteroatoms. The van der Waals surface area contributed by atoms with E-state index in [9.17, 15) is 14.4 Å². The summed E-state index contributed by atoms with van der Waals surface area (Å²) in [7, 11) is 0. The van der Waals surface area contributed by atoms with Gasteiger partial charge in [0.25, 0.3) is 0 Å². The molecule has 0 aliphatic carbocycles. The second-order valence-electron chi connectivity index (χ2n) is 9.14. The first-order valence-electron chi connectivity index (χ1n) is 13.4. The summed E-state index contributed by atoms with van der Waals surface area (Å²) in [6.07, 6.45) is 3.41. The third-order valence-corrected chi connectivity index (χ3v) is 6.11. The molecule has 220 valence electrons. The lowest BCUT2D eigenvalue weighted by molar-refractivity contribution is -0.135. The fraction of sp³-hybridized carbons (Fsp3) is 0.333. The van der Waals surface area contributed by atoms with E-state index in [0.29, 0.717) is 37.2 Å². The van der Waals surface area contributed by atoms with Gasteiger partial charge in [-0.25, -0.2) is 4.99 Å². The highest BCUT2D eigenvalue weighted by Gasteiger charge is 2.26. The Hall–Kier alpha value is -4.32. The van der Waals surface area contributed by atoms with Crippen molar-refractivity contribution in [2.75, 3.05) is 26.2 Å². The Morgan fingerprint density at radius 1 is 0.976 bits per heavy atom. The minimum atomic E-state index is -1.15. The van der Waals surface area contributed by atoms with Crippen LogP contribution in [-0.4, -0.2) is 66.8 Å². The molecule has 0 aromatic heterocycles. The zero-order valence-corrected chi connectivity index (χ0v) is 23.3. The average Bonchev–Trinajstić information content (AvgIpc) is 2.98. The standard InChI is InChI=1S/C30H41N7O4/c1-3-27(34-4-2)41-26-13-9-8-12-23(26)21-35-30(40)25(15-14-22-10-6-5-7-11-22)36-29(39)24(33)20-28(38)37(18-16-31)19-17-32/h3-13,24-25H,1-2,14-21,31-33H2,(H,35,40)(H,36,39). The summed E-state index contributed by atoms with van der Waals surface area (Å²) in [5, 5.41) is 5.61. The summed E-state index contributed by atoms with van der Waals surface area (Å²) in [5.41, 5.74) is 18.9. The molecule has 0 spiro atoms. The quantitative estimate of drug-likeness (QED) is 0.141. The lowest BCUT2D eigenvalue weighted by Crippen LogP contribution is -2.53. The Labute approximate surface area is 241 Å². The van der Waals surface area contributed by atoms with E-state index in [2.05, 4.69) is 28.8 Å². The predicted molar refractivity (Wildman–Crippen MR) is 161 cm³/mol. The molecule has 2 unspecified atom stereocenters. The molecule has 0 fully saturated rings. The zero-order valence-electron chi connectivity index (χ0n) is 23.3. The molecule has 0 bridgehead atoms. The van der Waals surface area contributed by atoms with E-state index in [1.807, 2.05) is 36.4 Å². The summed E-state index contributed by atoms with van der Waals surface area (Å²) in [4.78, 5) is 44.5. The van der Waals surface area contributed by atoms with Gasteiger partial charge in [-0.3, -0.25) is 14.4 Å². The van der Waals surface area contributed by atoms with Crippen LogP contribution in [-0.2, 0) is 27.3 Å². The molecule has 0 saturated heterocycles. The van der Waals surface area contributed by atoms with Crippen LogP contribution < -0.4 is 32.6 Å². The van der Waals surface area contributed by atoms with Crippen molar-refractivity contribution in [3.8, 4) is 5.75 Å². The van der Waals surface area contributed by atoms with Gasteiger partial charge in [0.15, 0.2) is 0 Å². The van der Waals surface area contributed by atoms with Crippen LogP contribution in [0.5, 0.6) is 5.75 Å². The molecule has 2 aromatic carbocycles. The van der Waals surface area contributed by atoms with Gasteiger partial charge in [-0.2, -0.15) is 0 Å². The number of amides is 3. The molecule has 41 heavy (non-hydrogen) atoms. The first kappa shape index (κ1) is 32.9. The van der Waals surface area contributed by atoms with Crippen molar-refractivity contribution in [2.24, 2.45) is 22.2 Å².